The molecule has 0 aliphatic carbocycles. The molecule has 100 valence electrons. The Hall–Kier alpha value is -1.37. The number of hydrogen-bond acceptors (Lipinski definition) is 4. The molecule has 7 heteroatoms. The molecule has 6 nitrogen and oxygen atoms in total. The van der Waals surface area contributed by atoms with Crippen molar-refractivity contribution < 1.29 is 4.79 Å². The van der Waals surface area contributed by atoms with Crippen molar-refractivity contribution in [2.75, 3.05) is 25.0 Å². The standard InChI is InChI=1S/C11H17BrN4O2/c1-8(17)13-5-4-6-15(2)9-7-14-16(3)11(18)10(9)12/h7H,4-6H2,1-3H3,(H,13,17). The Morgan fingerprint density at radius 1 is 1.61 bits per heavy atom. The second-order valence-electron chi connectivity index (χ2n) is 4.03. The first-order valence-corrected chi connectivity index (χ1v) is 6.40. The maximum Gasteiger partial charge on any atom is 0.282 e. The van der Waals surface area contributed by atoms with Gasteiger partial charge in [-0.15, -0.1) is 0 Å². The fourth-order valence-corrected chi connectivity index (χ4v) is 2.13. The van der Waals surface area contributed by atoms with Crippen LogP contribution in [-0.2, 0) is 11.8 Å². The summed E-state index contributed by atoms with van der Waals surface area (Å²) in [6, 6.07) is 0. The van der Waals surface area contributed by atoms with E-state index >= 15 is 0 Å². The summed E-state index contributed by atoms with van der Waals surface area (Å²) >= 11 is 3.28. The first-order valence-electron chi connectivity index (χ1n) is 5.61. The predicted octanol–water partition coefficient (Wildman–Crippen LogP) is 0.505. The van der Waals surface area contributed by atoms with Gasteiger partial charge in [0.25, 0.3) is 5.56 Å². The molecule has 0 atom stereocenters. The fraction of sp³-hybridized carbons (Fsp3) is 0.545. The van der Waals surface area contributed by atoms with Gasteiger partial charge in [-0.1, -0.05) is 0 Å². The second kappa shape index (κ2) is 6.53. The van der Waals surface area contributed by atoms with Crippen LogP contribution in [0.4, 0.5) is 5.69 Å². The molecular formula is C11H17BrN4O2. The van der Waals surface area contributed by atoms with Crippen molar-refractivity contribution in [2.45, 2.75) is 13.3 Å². The first kappa shape index (κ1) is 14.7. The number of amides is 1. The van der Waals surface area contributed by atoms with Crippen molar-refractivity contribution in [2.24, 2.45) is 7.05 Å². The third-order valence-electron chi connectivity index (χ3n) is 2.52. The van der Waals surface area contributed by atoms with Gasteiger partial charge in [0.2, 0.25) is 5.91 Å². The SMILES string of the molecule is CC(=O)NCCCN(C)c1cnn(C)c(=O)c1Br. The summed E-state index contributed by atoms with van der Waals surface area (Å²) in [5.74, 6) is -0.0333. The number of halogens is 1. The van der Waals surface area contributed by atoms with Gasteiger partial charge in [-0.2, -0.15) is 5.10 Å². The van der Waals surface area contributed by atoms with Crippen LogP contribution in [0.1, 0.15) is 13.3 Å². The molecule has 0 aliphatic heterocycles. The topological polar surface area (TPSA) is 67.2 Å². The average molecular weight is 317 g/mol. The van der Waals surface area contributed by atoms with Crippen molar-refractivity contribution in [1.29, 1.82) is 0 Å². The minimum Gasteiger partial charge on any atom is -0.372 e. The van der Waals surface area contributed by atoms with Crippen LogP contribution < -0.4 is 15.8 Å². The van der Waals surface area contributed by atoms with E-state index < -0.39 is 0 Å². The molecule has 0 aliphatic rings. The van der Waals surface area contributed by atoms with Crippen LogP contribution in [0.5, 0.6) is 0 Å². The van der Waals surface area contributed by atoms with E-state index in [-0.39, 0.29) is 11.5 Å². The molecule has 0 spiro atoms. The predicted molar refractivity (Wildman–Crippen MR) is 73.7 cm³/mol. The zero-order valence-electron chi connectivity index (χ0n) is 10.7. The molecule has 0 fully saturated rings. The molecule has 0 aromatic carbocycles. The maximum atomic E-state index is 11.7. The zero-order chi connectivity index (χ0) is 13.7. The molecule has 18 heavy (non-hydrogen) atoms. The molecule has 1 aromatic rings. The molecule has 0 saturated heterocycles. The van der Waals surface area contributed by atoms with E-state index in [0.29, 0.717) is 11.0 Å². The Bertz CT molecular complexity index is 486. The number of nitrogens with one attached hydrogen (secondary N) is 1. The Morgan fingerprint density at radius 3 is 2.89 bits per heavy atom. The molecule has 1 N–H and O–H groups in total. The van der Waals surface area contributed by atoms with Gasteiger partial charge in [-0.3, -0.25) is 9.59 Å². The summed E-state index contributed by atoms with van der Waals surface area (Å²) in [5, 5.41) is 6.71. The maximum absolute atomic E-state index is 11.7. The van der Waals surface area contributed by atoms with Crippen molar-refractivity contribution in [3.8, 4) is 0 Å². The van der Waals surface area contributed by atoms with E-state index in [4.69, 9.17) is 0 Å². The number of carbonyl (C=O) groups excluding carboxylic acids is 1. The number of nitrogens with zero attached hydrogens (tertiary/aromatic N) is 3. The zero-order valence-corrected chi connectivity index (χ0v) is 12.3. The second-order valence-corrected chi connectivity index (χ2v) is 4.82. The summed E-state index contributed by atoms with van der Waals surface area (Å²) in [4.78, 5) is 24.3. The lowest BCUT2D eigenvalue weighted by Crippen LogP contribution is -2.29. The van der Waals surface area contributed by atoms with Gasteiger partial charge in [0.1, 0.15) is 4.47 Å². The number of carbonyl (C=O) groups is 1. The molecule has 1 amide bonds. The Labute approximate surface area is 114 Å². The van der Waals surface area contributed by atoms with Crippen LogP contribution in [0.2, 0.25) is 0 Å². The van der Waals surface area contributed by atoms with E-state index in [9.17, 15) is 9.59 Å². The number of aryl methyl sites for hydroxylation is 1. The normalized spacial score (nSPS) is 10.2. The van der Waals surface area contributed by atoms with Crippen LogP contribution in [0.3, 0.4) is 0 Å². The van der Waals surface area contributed by atoms with E-state index in [1.807, 2.05) is 11.9 Å². The van der Waals surface area contributed by atoms with Crippen molar-refractivity contribution in [1.82, 2.24) is 15.1 Å². The van der Waals surface area contributed by atoms with Crippen molar-refractivity contribution in [3.63, 3.8) is 0 Å². The first-order chi connectivity index (χ1) is 8.43. The highest BCUT2D eigenvalue weighted by Gasteiger charge is 2.10. The smallest absolute Gasteiger partial charge is 0.282 e. The summed E-state index contributed by atoms with van der Waals surface area (Å²) in [7, 11) is 3.49. The quantitative estimate of drug-likeness (QED) is 0.804. The van der Waals surface area contributed by atoms with Crippen LogP contribution in [0.15, 0.2) is 15.5 Å². The van der Waals surface area contributed by atoms with Gasteiger partial charge in [-0.05, 0) is 22.4 Å². The van der Waals surface area contributed by atoms with Gasteiger partial charge in [-0.25, -0.2) is 4.68 Å². The lowest BCUT2D eigenvalue weighted by Gasteiger charge is -2.20. The van der Waals surface area contributed by atoms with Gasteiger partial charge in [0.05, 0.1) is 11.9 Å². The molecule has 0 radical (unpaired) electrons. The number of rotatable bonds is 5. The minimum absolute atomic E-state index is 0.0333. The van der Waals surface area contributed by atoms with E-state index in [2.05, 4.69) is 26.3 Å². The summed E-state index contributed by atoms with van der Waals surface area (Å²) in [6.45, 7) is 2.84. The highest BCUT2D eigenvalue weighted by Crippen LogP contribution is 2.19. The number of anilines is 1. The number of aromatic nitrogens is 2. The summed E-state index contributed by atoms with van der Waals surface area (Å²) in [6.07, 6.45) is 2.45. The van der Waals surface area contributed by atoms with Gasteiger partial charge in [0, 0.05) is 34.1 Å². The molecule has 1 aromatic heterocycles. The largest absolute Gasteiger partial charge is 0.372 e. The monoisotopic (exact) mass is 316 g/mol. The van der Waals surface area contributed by atoms with Crippen molar-refractivity contribution in [3.05, 3.63) is 21.0 Å². The van der Waals surface area contributed by atoms with Gasteiger partial charge in [0.15, 0.2) is 0 Å². The average Bonchev–Trinajstić information content (AvgIpc) is 2.31. The van der Waals surface area contributed by atoms with Crippen LogP contribution in [0.25, 0.3) is 0 Å². The van der Waals surface area contributed by atoms with Crippen LogP contribution >= 0.6 is 15.9 Å². The van der Waals surface area contributed by atoms with Gasteiger partial charge >= 0.3 is 0 Å². The molecule has 0 unspecified atom stereocenters. The third-order valence-corrected chi connectivity index (χ3v) is 3.26. The van der Waals surface area contributed by atoms with Crippen molar-refractivity contribution >= 4 is 27.5 Å². The lowest BCUT2D eigenvalue weighted by molar-refractivity contribution is -0.118. The number of hydrogen-bond donors (Lipinski definition) is 1. The van der Waals surface area contributed by atoms with Crippen LogP contribution in [0, 0.1) is 0 Å². The van der Waals surface area contributed by atoms with E-state index in [1.54, 1.807) is 13.2 Å². The molecule has 0 bridgehead atoms. The van der Waals surface area contributed by atoms with E-state index in [0.717, 1.165) is 18.7 Å². The minimum atomic E-state index is -0.166. The fourth-order valence-electron chi connectivity index (χ4n) is 1.47. The lowest BCUT2D eigenvalue weighted by atomic mass is 10.3. The molecule has 1 heterocycles. The molecule has 0 saturated carbocycles. The Kier molecular flexibility index (Phi) is 5.33. The van der Waals surface area contributed by atoms with E-state index in [1.165, 1.54) is 11.6 Å². The summed E-state index contributed by atoms with van der Waals surface area (Å²) in [5.41, 5.74) is 0.585. The molecule has 1 rings (SSSR count). The van der Waals surface area contributed by atoms with Gasteiger partial charge < -0.3 is 10.2 Å². The Balaban J connectivity index is 2.62. The summed E-state index contributed by atoms with van der Waals surface area (Å²) < 4.78 is 1.78. The highest BCUT2D eigenvalue weighted by molar-refractivity contribution is 9.10. The molecular weight excluding hydrogens is 300 g/mol. The Morgan fingerprint density at radius 2 is 2.28 bits per heavy atom. The van der Waals surface area contributed by atoms with Crippen LogP contribution in [-0.4, -0.2) is 35.8 Å². The highest BCUT2D eigenvalue weighted by atomic mass is 79.9. The third kappa shape index (κ3) is 3.83.